The van der Waals surface area contributed by atoms with E-state index in [9.17, 15) is 0 Å². The van der Waals surface area contributed by atoms with Crippen LogP contribution in [0.15, 0.2) is 4.99 Å². The zero-order chi connectivity index (χ0) is 13.4. The van der Waals surface area contributed by atoms with Gasteiger partial charge < -0.3 is 20.5 Å². The number of thioether (sulfide) groups is 1. The Morgan fingerprint density at radius 3 is 2.78 bits per heavy atom. The number of nitrogens with zero attached hydrogens (tertiary/aromatic N) is 1. The van der Waals surface area contributed by atoms with E-state index < -0.39 is 0 Å². The van der Waals surface area contributed by atoms with Gasteiger partial charge in [0.1, 0.15) is 0 Å². The lowest BCUT2D eigenvalue weighted by atomic mass is 9.99. The Hall–Kier alpha value is -0.460. The number of aliphatic imine (C=N–C) groups is 1. The van der Waals surface area contributed by atoms with Crippen LogP contribution in [-0.4, -0.2) is 56.5 Å². The maximum absolute atomic E-state index is 5.88. The molecule has 106 valence electrons. The summed E-state index contributed by atoms with van der Waals surface area (Å²) in [6.45, 7) is 5.03. The number of nitrogens with one attached hydrogen (secondary N) is 1. The molecule has 1 aliphatic heterocycles. The van der Waals surface area contributed by atoms with E-state index in [4.69, 9.17) is 15.2 Å². The number of guanidine groups is 1. The monoisotopic (exact) mass is 275 g/mol. The highest BCUT2D eigenvalue weighted by Crippen LogP contribution is 2.33. The molecule has 1 unspecified atom stereocenters. The SMILES string of the molecule is COCC(C)NC(N)=NCC1(SC)CCOCC1. The molecule has 1 fully saturated rings. The van der Waals surface area contributed by atoms with Gasteiger partial charge >= 0.3 is 0 Å². The minimum Gasteiger partial charge on any atom is -0.383 e. The van der Waals surface area contributed by atoms with Crippen LogP contribution in [0.1, 0.15) is 19.8 Å². The molecule has 1 saturated heterocycles. The van der Waals surface area contributed by atoms with E-state index in [1.54, 1.807) is 7.11 Å². The first-order valence-electron chi connectivity index (χ1n) is 6.30. The molecule has 0 aromatic rings. The molecule has 0 aliphatic carbocycles. The normalized spacial score (nSPS) is 21.6. The zero-order valence-corrected chi connectivity index (χ0v) is 12.4. The topological polar surface area (TPSA) is 68.9 Å². The lowest BCUT2D eigenvalue weighted by Crippen LogP contribution is -2.42. The Bertz CT molecular complexity index is 268. The number of nitrogens with two attached hydrogens (primary N) is 1. The van der Waals surface area contributed by atoms with Gasteiger partial charge in [0.25, 0.3) is 0 Å². The lowest BCUT2D eigenvalue weighted by molar-refractivity contribution is 0.0794. The molecule has 1 rings (SSSR count). The van der Waals surface area contributed by atoms with Gasteiger partial charge in [0.2, 0.25) is 0 Å². The zero-order valence-electron chi connectivity index (χ0n) is 11.6. The second-order valence-electron chi connectivity index (χ2n) is 4.70. The highest BCUT2D eigenvalue weighted by atomic mass is 32.2. The Balaban J connectivity index is 2.44. The minimum atomic E-state index is 0.179. The molecule has 18 heavy (non-hydrogen) atoms. The Kier molecular flexibility index (Phi) is 6.81. The van der Waals surface area contributed by atoms with Crippen molar-refractivity contribution in [1.82, 2.24) is 5.32 Å². The van der Waals surface area contributed by atoms with E-state index in [1.807, 2.05) is 18.7 Å². The Morgan fingerprint density at radius 1 is 1.56 bits per heavy atom. The van der Waals surface area contributed by atoms with Gasteiger partial charge in [-0.1, -0.05) is 0 Å². The maximum atomic E-state index is 5.88. The van der Waals surface area contributed by atoms with Crippen molar-refractivity contribution in [3.8, 4) is 0 Å². The summed E-state index contributed by atoms with van der Waals surface area (Å²) in [7, 11) is 1.68. The summed E-state index contributed by atoms with van der Waals surface area (Å²) in [4.78, 5) is 4.46. The van der Waals surface area contributed by atoms with E-state index in [0.717, 1.165) is 32.6 Å². The molecule has 1 atom stereocenters. The molecule has 0 bridgehead atoms. The molecular weight excluding hydrogens is 250 g/mol. The van der Waals surface area contributed by atoms with Gasteiger partial charge in [-0.3, -0.25) is 4.99 Å². The fourth-order valence-electron chi connectivity index (χ4n) is 1.99. The predicted octanol–water partition coefficient (Wildman–Crippen LogP) is 0.838. The summed E-state index contributed by atoms with van der Waals surface area (Å²) < 4.78 is 10.6. The highest BCUT2D eigenvalue weighted by Gasteiger charge is 2.31. The number of ether oxygens (including phenoxy) is 2. The Morgan fingerprint density at radius 2 is 2.22 bits per heavy atom. The van der Waals surface area contributed by atoms with Crippen LogP contribution in [0, 0.1) is 0 Å². The molecule has 0 saturated carbocycles. The van der Waals surface area contributed by atoms with Crippen LogP contribution >= 0.6 is 11.8 Å². The maximum Gasteiger partial charge on any atom is 0.188 e. The van der Waals surface area contributed by atoms with E-state index in [1.165, 1.54) is 0 Å². The standard InChI is InChI=1S/C12H25N3O2S/c1-10(8-16-2)15-11(13)14-9-12(18-3)4-6-17-7-5-12/h10H,4-9H2,1-3H3,(H3,13,14,15). The smallest absolute Gasteiger partial charge is 0.188 e. The van der Waals surface area contributed by atoms with Gasteiger partial charge in [-0.15, -0.1) is 0 Å². The molecule has 0 aromatic heterocycles. The summed E-state index contributed by atoms with van der Waals surface area (Å²) in [6.07, 6.45) is 4.22. The van der Waals surface area contributed by atoms with Crippen molar-refractivity contribution in [3.63, 3.8) is 0 Å². The summed E-state index contributed by atoms with van der Waals surface area (Å²) in [5, 5.41) is 3.12. The van der Waals surface area contributed by atoms with Crippen LogP contribution in [0.2, 0.25) is 0 Å². The van der Waals surface area contributed by atoms with Crippen LogP contribution < -0.4 is 11.1 Å². The molecule has 0 amide bonds. The van der Waals surface area contributed by atoms with Crippen molar-refractivity contribution in [2.24, 2.45) is 10.7 Å². The van der Waals surface area contributed by atoms with Crippen molar-refractivity contribution in [2.45, 2.75) is 30.6 Å². The van der Waals surface area contributed by atoms with Crippen molar-refractivity contribution < 1.29 is 9.47 Å². The van der Waals surface area contributed by atoms with Gasteiger partial charge in [0, 0.05) is 31.1 Å². The van der Waals surface area contributed by atoms with Gasteiger partial charge in [-0.05, 0) is 26.0 Å². The molecule has 1 heterocycles. The summed E-state index contributed by atoms with van der Waals surface area (Å²) in [6, 6.07) is 0.179. The first-order valence-corrected chi connectivity index (χ1v) is 7.52. The highest BCUT2D eigenvalue weighted by molar-refractivity contribution is 8.00. The predicted molar refractivity (Wildman–Crippen MR) is 77.3 cm³/mol. The fraction of sp³-hybridized carbons (Fsp3) is 0.917. The van der Waals surface area contributed by atoms with Crippen molar-refractivity contribution in [1.29, 1.82) is 0 Å². The Labute approximate surface area is 114 Å². The third-order valence-corrected chi connectivity index (χ3v) is 4.59. The van der Waals surface area contributed by atoms with E-state index in [2.05, 4.69) is 16.6 Å². The van der Waals surface area contributed by atoms with Crippen molar-refractivity contribution in [2.75, 3.05) is 39.7 Å². The number of rotatable bonds is 6. The van der Waals surface area contributed by atoms with Crippen molar-refractivity contribution >= 4 is 17.7 Å². The summed E-state index contributed by atoms with van der Waals surface area (Å²) in [5.74, 6) is 0.500. The van der Waals surface area contributed by atoms with Crippen LogP contribution in [0.4, 0.5) is 0 Å². The second kappa shape index (κ2) is 7.86. The number of methoxy groups -OCH3 is 1. The number of hydrogen-bond donors (Lipinski definition) is 2. The first kappa shape index (κ1) is 15.6. The fourth-order valence-corrected chi connectivity index (χ4v) is 2.76. The van der Waals surface area contributed by atoms with Crippen LogP contribution in [0.25, 0.3) is 0 Å². The van der Waals surface area contributed by atoms with Gasteiger partial charge in [-0.2, -0.15) is 11.8 Å². The summed E-state index contributed by atoms with van der Waals surface area (Å²) in [5.41, 5.74) is 5.88. The minimum absolute atomic E-state index is 0.179. The summed E-state index contributed by atoms with van der Waals surface area (Å²) >= 11 is 1.87. The van der Waals surface area contributed by atoms with Crippen LogP contribution in [-0.2, 0) is 9.47 Å². The molecule has 6 heteroatoms. The average Bonchev–Trinajstić information content (AvgIpc) is 2.38. The first-order chi connectivity index (χ1) is 8.62. The molecule has 0 aromatic carbocycles. The molecule has 0 spiro atoms. The van der Waals surface area contributed by atoms with E-state index >= 15 is 0 Å². The molecule has 0 radical (unpaired) electrons. The second-order valence-corrected chi connectivity index (χ2v) is 5.98. The quantitative estimate of drug-likeness (QED) is 0.555. The van der Waals surface area contributed by atoms with Gasteiger partial charge in [0.05, 0.1) is 13.2 Å². The molecule has 1 aliphatic rings. The van der Waals surface area contributed by atoms with Gasteiger partial charge in [-0.25, -0.2) is 0 Å². The molecule has 3 N–H and O–H groups in total. The third-order valence-electron chi connectivity index (χ3n) is 3.19. The van der Waals surface area contributed by atoms with Crippen molar-refractivity contribution in [3.05, 3.63) is 0 Å². The third kappa shape index (κ3) is 5.04. The molecule has 5 nitrogen and oxygen atoms in total. The van der Waals surface area contributed by atoms with E-state index in [-0.39, 0.29) is 10.8 Å². The average molecular weight is 275 g/mol. The van der Waals surface area contributed by atoms with Crippen LogP contribution in [0.3, 0.4) is 0 Å². The lowest BCUT2D eigenvalue weighted by Gasteiger charge is -2.34. The van der Waals surface area contributed by atoms with Gasteiger partial charge in [0.15, 0.2) is 5.96 Å². The molecular formula is C12H25N3O2S. The number of hydrogen-bond acceptors (Lipinski definition) is 4. The largest absolute Gasteiger partial charge is 0.383 e. The van der Waals surface area contributed by atoms with E-state index in [0.29, 0.717) is 12.6 Å². The van der Waals surface area contributed by atoms with Crippen LogP contribution in [0.5, 0.6) is 0 Å².